The maximum atomic E-state index is 13.0. The van der Waals surface area contributed by atoms with Crippen molar-refractivity contribution >= 4 is 16.8 Å². The van der Waals surface area contributed by atoms with Crippen molar-refractivity contribution < 1.29 is 9.53 Å². The second kappa shape index (κ2) is 5.81. The van der Waals surface area contributed by atoms with Gasteiger partial charge in [0.1, 0.15) is 5.56 Å². The van der Waals surface area contributed by atoms with E-state index < -0.39 is 0 Å². The van der Waals surface area contributed by atoms with Crippen LogP contribution < -0.4 is 5.43 Å². The molecule has 0 bridgehead atoms. The molecule has 2 aliphatic rings. The molecule has 1 aliphatic carbocycles. The highest BCUT2D eigenvalue weighted by Gasteiger charge is 2.37. The van der Waals surface area contributed by atoms with Crippen molar-refractivity contribution in [2.24, 2.45) is 0 Å². The number of para-hydroxylation sites is 1. The highest BCUT2D eigenvalue weighted by Crippen LogP contribution is 2.29. The van der Waals surface area contributed by atoms with Gasteiger partial charge >= 0.3 is 0 Å². The summed E-state index contributed by atoms with van der Waals surface area (Å²) in [5.74, 6) is -0.169. The van der Waals surface area contributed by atoms with Crippen LogP contribution in [-0.4, -0.2) is 41.1 Å². The standard InChI is InChI=1S/C18H20N2O3/c21-17-12-5-1-2-6-14(12)19-11-13(17)18(22)20-9-10-23-16-8-4-3-7-15(16)20/h1-2,5-6,11,15-16H,3-4,7-10H2,(H,19,21)/t15-,16-/m1/s1. The van der Waals surface area contributed by atoms with Crippen molar-refractivity contribution in [3.63, 3.8) is 0 Å². The van der Waals surface area contributed by atoms with Gasteiger partial charge in [0.05, 0.1) is 18.8 Å². The lowest BCUT2D eigenvalue weighted by molar-refractivity contribution is -0.0753. The third-order valence-corrected chi connectivity index (χ3v) is 5.01. The summed E-state index contributed by atoms with van der Waals surface area (Å²) in [5.41, 5.74) is 0.796. The molecule has 5 nitrogen and oxygen atoms in total. The van der Waals surface area contributed by atoms with Crippen LogP contribution >= 0.6 is 0 Å². The molecule has 1 saturated heterocycles. The molecule has 1 N–H and O–H groups in total. The van der Waals surface area contributed by atoms with E-state index in [1.165, 1.54) is 0 Å². The Labute approximate surface area is 134 Å². The summed E-state index contributed by atoms with van der Waals surface area (Å²) < 4.78 is 5.82. The van der Waals surface area contributed by atoms with E-state index >= 15 is 0 Å². The molecule has 0 unspecified atom stereocenters. The van der Waals surface area contributed by atoms with Gasteiger partial charge in [-0.3, -0.25) is 9.59 Å². The van der Waals surface area contributed by atoms with Crippen LogP contribution in [0.1, 0.15) is 36.0 Å². The molecule has 2 aromatic rings. The molecule has 0 radical (unpaired) electrons. The summed E-state index contributed by atoms with van der Waals surface area (Å²) in [5, 5.41) is 0.562. The van der Waals surface area contributed by atoms with Gasteiger partial charge in [-0.05, 0) is 25.0 Å². The zero-order chi connectivity index (χ0) is 15.8. The van der Waals surface area contributed by atoms with E-state index in [0.29, 0.717) is 18.5 Å². The van der Waals surface area contributed by atoms with E-state index in [0.717, 1.165) is 31.2 Å². The van der Waals surface area contributed by atoms with Gasteiger partial charge in [-0.15, -0.1) is 0 Å². The summed E-state index contributed by atoms with van der Waals surface area (Å²) in [4.78, 5) is 30.6. The van der Waals surface area contributed by atoms with Gasteiger partial charge in [0.15, 0.2) is 0 Å². The number of aromatic nitrogens is 1. The molecule has 1 saturated carbocycles. The van der Waals surface area contributed by atoms with Gasteiger partial charge in [-0.1, -0.05) is 25.0 Å². The quantitative estimate of drug-likeness (QED) is 0.879. The van der Waals surface area contributed by atoms with Crippen molar-refractivity contribution in [3.05, 3.63) is 46.2 Å². The molecule has 2 heterocycles. The molecule has 1 aromatic carbocycles. The van der Waals surface area contributed by atoms with E-state index in [1.54, 1.807) is 12.3 Å². The van der Waals surface area contributed by atoms with E-state index in [9.17, 15) is 9.59 Å². The fraction of sp³-hybridized carbons (Fsp3) is 0.444. The second-order valence-electron chi connectivity index (χ2n) is 6.34. The minimum absolute atomic E-state index is 0.107. The molecule has 1 aliphatic heterocycles. The molecular weight excluding hydrogens is 292 g/mol. The Morgan fingerprint density at radius 1 is 1.22 bits per heavy atom. The Bertz CT molecular complexity index is 796. The van der Waals surface area contributed by atoms with Gasteiger partial charge in [-0.2, -0.15) is 0 Å². The van der Waals surface area contributed by atoms with Gasteiger partial charge in [-0.25, -0.2) is 0 Å². The van der Waals surface area contributed by atoms with Crippen molar-refractivity contribution in [3.8, 4) is 0 Å². The first kappa shape index (κ1) is 14.5. The summed E-state index contributed by atoms with van der Waals surface area (Å²) in [6, 6.07) is 7.40. The van der Waals surface area contributed by atoms with Crippen LogP contribution in [-0.2, 0) is 4.74 Å². The number of aromatic amines is 1. The normalized spacial score (nSPS) is 24.4. The topological polar surface area (TPSA) is 62.4 Å². The molecule has 120 valence electrons. The van der Waals surface area contributed by atoms with Gasteiger partial charge in [0, 0.05) is 23.6 Å². The molecule has 2 fully saturated rings. The maximum absolute atomic E-state index is 13.0. The average Bonchev–Trinajstić information content (AvgIpc) is 2.61. The lowest BCUT2D eigenvalue weighted by Gasteiger charge is -2.43. The Balaban J connectivity index is 1.71. The highest BCUT2D eigenvalue weighted by molar-refractivity contribution is 5.97. The average molecular weight is 312 g/mol. The number of rotatable bonds is 1. The number of carbonyl (C=O) groups excluding carboxylic acids is 1. The first-order valence-electron chi connectivity index (χ1n) is 8.29. The van der Waals surface area contributed by atoms with E-state index in [1.807, 2.05) is 23.1 Å². The zero-order valence-corrected chi connectivity index (χ0v) is 13.0. The number of carbonyl (C=O) groups is 1. The number of fused-ring (bicyclic) bond motifs is 2. The number of amides is 1. The fourth-order valence-corrected chi connectivity index (χ4v) is 3.83. The van der Waals surface area contributed by atoms with Crippen LogP contribution in [0.25, 0.3) is 10.9 Å². The van der Waals surface area contributed by atoms with Gasteiger partial charge in [0.2, 0.25) is 5.43 Å². The van der Waals surface area contributed by atoms with Crippen molar-refractivity contribution in [1.29, 1.82) is 0 Å². The van der Waals surface area contributed by atoms with Crippen LogP contribution in [0.3, 0.4) is 0 Å². The Kier molecular flexibility index (Phi) is 3.65. The molecule has 23 heavy (non-hydrogen) atoms. The monoisotopic (exact) mass is 312 g/mol. The number of nitrogens with one attached hydrogen (secondary N) is 1. The Morgan fingerprint density at radius 3 is 2.96 bits per heavy atom. The van der Waals surface area contributed by atoms with E-state index in [4.69, 9.17) is 4.74 Å². The van der Waals surface area contributed by atoms with Crippen LogP contribution in [0, 0.1) is 0 Å². The predicted molar refractivity (Wildman–Crippen MR) is 87.6 cm³/mol. The first-order chi connectivity index (χ1) is 11.3. The number of hydrogen-bond donors (Lipinski definition) is 1. The summed E-state index contributed by atoms with van der Waals surface area (Å²) >= 11 is 0. The van der Waals surface area contributed by atoms with E-state index in [-0.39, 0.29) is 29.0 Å². The van der Waals surface area contributed by atoms with Crippen LogP contribution in [0.4, 0.5) is 0 Å². The summed E-state index contributed by atoms with van der Waals surface area (Å²) in [7, 11) is 0. The molecule has 5 heteroatoms. The molecule has 1 aromatic heterocycles. The number of H-pyrrole nitrogens is 1. The predicted octanol–water partition coefficient (Wildman–Crippen LogP) is 2.31. The lowest BCUT2D eigenvalue weighted by atomic mass is 9.89. The smallest absolute Gasteiger partial charge is 0.259 e. The number of benzene rings is 1. The maximum Gasteiger partial charge on any atom is 0.259 e. The minimum atomic E-state index is -0.191. The van der Waals surface area contributed by atoms with Crippen LogP contribution in [0.2, 0.25) is 0 Å². The highest BCUT2D eigenvalue weighted by atomic mass is 16.5. The lowest BCUT2D eigenvalue weighted by Crippen LogP contribution is -2.55. The molecule has 0 spiro atoms. The van der Waals surface area contributed by atoms with Gasteiger partial charge < -0.3 is 14.6 Å². The number of morpholine rings is 1. The minimum Gasteiger partial charge on any atom is -0.374 e. The number of pyridine rings is 1. The largest absolute Gasteiger partial charge is 0.374 e. The van der Waals surface area contributed by atoms with Crippen LogP contribution in [0.15, 0.2) is 35.3 Å². The van der Waals surface area contributed by atoms with Crippen molar-refractivity contribution in [1.82, 2.24) is 9.88 Å². The molecule has 2 atom stereocenters. The SMILES string of the molecule is O=C(c1c[nH]c2ccccc2c1=O)N1CCO[C@@H]2CCCC[C@H]21. The number of ether oxygens (including phenoxy) is 1. The third-order valence-electron chi connectivity index (χ3n) is 5.01. The fourth-order valence-electron chi connectivity index (χ4n) is 3.83. The van der Waals surface area contributed by atoms with Crippen molar-refractivity contribution in [2.45, 2.75) is 37.8 Å². The zero-order valence-electron chi connectivity index (χ0n) is 13.0. The Hall–Kier alpha value is -2.14. The van der Waals surface area contributed by atoms with Crippen molar-refractivity contribution in [2.75, 3.05) is 13.2 Å². The van der Waals surface area contributed by atoms with E-state index in [2.05, 4.69) is 4.98 Å². The first-order valence-corrected chi connectivity index (χ1v) is 8.29. The second-order valence-corrected chi connectivity index (χ2v) is 6.34. The molecule has 4 rings (SSSR count). The van der Waals surface area contributed by atoms with Gasteiger partial charge in [0.25, 0.3) is 5.91 Å². The number of nitrogens with zero attached hydrogens (tertiary/aromatic N) is 1. The summed E-state index contributed by atoms with van der Waals surface area (Å²) in [6.07, 6.45) is 5.91. The number of hydrogen-bond acceptors (Lipinski definition) is 3. The molecule has 1 amide bonds. The molecular formula is C18H20N2O3. The Morgan fingerprint density at radius 2 is 2.04 bits per heavy atom. The third kappa shape index (κ3) is 2.45. The van der Waals surface area contributed by atoms with Crippen LogP contribution in [0.5, 0.6) is 0 Å². The summed E-state index contributed by atoms with van der Waals surface area (Å²) in [6.45, 7) is 1.12.